The molecular formula is C21H24N2O2S. The van der Waals surface area contributed by atoms with Gasteiger partial charge in [-0.05, 0) is 51.3 Å². The normalized spacial score (nSPS) is 15.5. The third kappa shape index (κ3) is 2.71. The first kappa shape index (κ1) is 17.2. The highest BCUT2D eigenvalue weighted by atomic mass is 32.2. The number of aromatic nitrogens is 1. The smallest absolute Gasteiger partial charge is 0.268 e. The van der Waals surface area contributed by atoms with Gasteiger partial charge >= 0.3 is 0 Å². The van der Waals surface area contributed by atoms with Crippen LogP contribution in [0.25, 0.3) is 10.9 Å². The van der Waals surface area contributed by atoms with Crippen molar-refractivity contribution in [1.82, 2.24) is 3.97 Å². The molecular weight excluding hydrogens is 344 g/mol. The fraction of sp³-hybridized carbons (Fsp3) is 0.333. The largest absolute Gasteiger partial charge is 0.370 e. The van der Waals surface area contributed by atoms with Crippen LogP contribution in [-0.2, 0) is 10.0 Å². The Hall–Kier alpha value is -2.27. The van der Waals surface area contributed by atoms with Crippen LogP contribution >= 0.6 is 0 Å². The van der Waals surface area contributed by atoms with E-state index in [1.807, 2.05) is 50.2 Å². The third-order valence-corrected chi connectivity index (χ3v) is 7.08. The highest BCUT2D eigenvalue weighted by molar-refractivity contribution is 7.90. The summed E-state index contributed by atoms with van der Waals surface area (Å²) in [7, 11) is -3.64. The van der Waals surface area contributed by atoms with E-state index < -0.39 is 10.0 Å². The lowest BCUT2D eigenvalue weighted by Crippen LogP contribution is -2.30. The van der Waals surface area contributed by atoms with Crippen LogP contribution in [0.15, 0.2) is 53.4 Å². The maximum atomic E-state index is 13.4. The first-order chi connectivity index (χ1) is 12.5. The van der Waals surface area contributed by atoms with E-state index >= 15 is 0 Å². The summed E-state index contributed by atoms with van der Waals surface area (Å²) in [6.07, 6.45) is 3.56. The van der Waals surface area contributed by atoms with E-state index in [1.165, 1.54) is 10.4 Å². The Kier molecular flexibility index (Phi) is 4.27. The zero-order valence-corrected chi connectivity index (χ0v) is 16.1. The molecule has 0 N–H and O–H groups in total. The van der Waals surface area contributed by atoms with Crippen LogP contribution < -0.4 is 4.90 Å². The number of aryl methyl sites for hydroxylation is 1. The number of anilines is 1. The van der Waals surface area contributed by atoms with Gasteiger partial charge < -0.3 is 4.90 Å². The second-order valence-corrected chi connectivity index (χ2v) is 8.87. The van der Waals surface area contributed by atoms with E-state index in [-0.39, 0.29) is 0 Å². The molecule has 2 aromatic carbocycles. The molecule has 0 unspecified atom stereocenters. The zero-order chi connectivity index (χ0) is 18.3. The van der Waals surface area contributed by atoms with Crippen molar-refractivity contribution in [3.63, 3.8) is 0 Å². The number of fused-ring (bicyclic) bond motifs is 1. The first-order valence-electron chi connectivity index (χ1n) is 9.17. The quantitative estimate of drug-likeness (QED) is 0.684. The second-order valence-electron chi connectivity index (χ2n) is 7.08. The Morgan fingerprint density at radius 3 is 2.19 bits per heavy atom. The van der Waals surface area contributed by atoms with Gasteiger partial charge in [-0.2, -0.15) is 0 Å². The second kappa shape index (κ2) is 6.47. The molecule has 0 radical (unpaired) electrons. The van der Waals surface area contributed by atoms with Crippen LogP contribution in [0.1, 0.15) is 30.5 Å². The van der Waals surface area contributed by atoms with Gasteiger partial charge in [-0.15, -0.1) is 0 Å². The summed E-state index contributed by atoms with van der Waals surface area (Å²) in [6, 6.07) is 14.9. The summed E-state index contributed by atoms with van der Waals surface area (Å²) in [5.74, 6) is 0. The summed E-state index contributed by atoms with van der Waals surface area (Å²) in [5.41, 5.74) is 3.67. The molecule has 0 aliphatic carbocycles. The molecule has 2 heterocycles. The molecule has 0 atom stereocenters. The lowest BCUT2D eigenvalue weighted by molar-refractivity contribution is 0.576. The summed E-state index contributed by atoms with van der Waals surface area (Å²) in [4.78, 5) is 2.68. The predicted octanol–water partition coefficient (Wildman–Crippen LogP) is 4.49. The van der Waals surface area contributed by atoms with Crippen LogP contribution in [-0.4, -0.2) is 25.5 Å². The van der Waals surface area contributed by atoms with Crippen molar-refractivity contribution in [3.05, 3.63) is 59.8 Å². The highest BCUT2D eigenvalue weighted by Crippen LogP contribution is 2.37. The maximum Gasteiger partial charge on any atom is 0.268 e. The average molecular weight is 369 g/mol. The summed E-state index contributed by atoms with van der Waals surface area (Å²) in [6.45, 7) is 5.86. The maximum absolute atomic E-state index is 13.4. The zero-order valence-electron chi connectivity index (χ0n) is 15.3. The molecule has 26 heavy (non-hydrogen) atoms. The van der Waals surface area contributed by atoms with Gasteiger partial charge in [-0.1, -0.05) is 35.9 Å². The topological polar surface area (TPSA) is 42.3 Å². The summed E-state index contributed by atoms with van der Waals surface area (Å²) < 4.78 is 28.4. The van der Waals surface area contributed by atoms with Crippen molar-refractivity contribution >= 4 is 26.6 Å². The number of para-hydroxylation sites is 1. The van der Waals surface area contributed by atoms with Gasteiger partial charge in [-0.25, -0.2) is 12.4 Å². The van der Waals surface area contributed by atoms with E-state index in [0.29, 0.717) is 4.90 Å². The van der Waals surface area contributed by atoms with E-state index in [2.05, 4.69) is 4.90 Å². The molecule has 1 aliphatic rings. The molecule has 4 nitrogen and oxygen atoms in total. The Balaban J connectivity index is 1.95. The number of benzene rings is 2. The number of hydrogen-bond acceptors (Lipinski definition) is 3. The number of rotatable bonds is 3. The molecule has 5 heteroatoms. The van der Waals surface area contributed by atoms with E-state index in [0.717, 1.165) is 53.8 Å². The van der Waals surface area contributed by atoms with Crippen LogP contribution in [0.2, 0.25) is 0 Å². The summed E-state index contributed by atoms with van der Waals surface area (Å²) in [5, 5.41) is 1.02. The minimum absolute atomic E-state index is 0.331. The van der Waals surface area contributed by atoms with Crippen LogP contribution in [0, 0.1) is 13.8 Å². The number of hydrogen-bond donors (Lipinski definition) is 0. The Morgan fingerprint density at radius 2 is 1.50 bits per heavy atom. The van der Waals surface area contributed by atoms with Crippen LogP contribution in [0.3, 0.4) is 0 Å². The summed E-state index contributed by atoms with van der Waals surface area (Å²) >= 11 is 0. The van der Waals surface area contributed by atoms with Crippen molar-refractivity contribution < 1.29 is 8.42 Å². The third-order valence-electron chi connectivity index (χ3n) is 5.26. The molecule has 0 amide bonds. The molecule has 1 saturated heterocycles. The number of piperidine rings is 1. The SMILES string of the molecule is Cc1ccc(S(=O)(=O)n2c(C)c(N3CCCCC3)c3ccccc32)cc1. The molecule has 1 aromatic heterocycles. The van der Waals surface area contributed by atoms with Crippen LogP contribution in [0.5, 0.6) is 0 Å². The molecule has 0 spiro atoms. The predicted molar refractivity (Wildman–Crippen MR) is 107 cm³/mol. The van der Waals surface area contributed by atoms with Crippen molar-refractivity contribution in [3.8, 4) is 0 Å². The Labute approximate surface area is 155 Å². The molecule has 136 valence electrons. The van der Waals surface area contributed by atoms with E-state index in [9.17, 15) is 8.42 Å². The van der Waals surface area contributed by atoms with Gasteiger partial charge in [0.25, 0.3) is 10.0 Å². The minimum Gasteiger partial charge on any atom is -0.370 e. The molecule has 0 bridgehead atoms. The Bertz CT molecular complexity index is 1040. The van der Waals surface area contributed by atoms with Gasteiger partial charge in [0.2, 0.25) is 0 Å². The van der Waals surface area contributed by atoms with Crippen molar-refractivity contribution in [2.75, 3.05) is 18.0 Å². The van der Waals surface area contributed by atoms with Gasteiger partial charge in [0.1, 0.15) is 0 Å². The molecule has 1 fully saturated rings. The molecule has 0 saturated carbocycles. The molecule has 1 aliphatic heterocycles. The molecule has 4 rings (SSSR count). The molecule has 3 aromatic rings. The number of nitrogens with zero attached hydrogens (tertiary/aromatic N) is 2. The fourth-order valence-electron chi connectivity index (χ4n) is 3.96. The first-order valence-corrected chi connectivity index (χ1v) is 10.6. The van der Waals surface area contributed by atoms with Gasteiger partial charge in [-0.3, -0.25) is 0 Å². The van der Waals surface area contributed by atoms with Crippen LogP contribution in [0.4, 0.5) is 5.69 Å². The average Bonchev–Trinajstić information content (AvgIpc) is 2.95. The van der Waals surface area contributed by atoms with Gasteiger partial charge in [0.15, 0.2) is 0 Å². The van der Waals surface area contributed by atoms with Crippen molar-refractivity contribution in [1.29, 1.82) is 0 Å². The van der Waals surface area contributed by atoms with Gasteiger partial charge in [0.05, 0.1) is 21.8 Å². The minimum atomic E-state index is -3.64. The van der Waals surface area contributed by atoms with Gasteiger partial charge in [0, 0.05) is 18.5 Å². The monoisotopic (exact) mass is 368 g/mol. The Morgan fingerprint density at radius 1 is 0.846 bits per heavy atom. The lowest BCUT2D eigenvalue weighted by Gasteiger charge is -2.29. The standard InChI is InChI=1S/C21H24N2O2S/c1-16-10-12-18(13-11-16)26(24,25)23-17(2)21(22-14-6-3-7-15-22)19-8-4-5-9-20(19)23/h4-5,8-13H,3,6-7,14-15H2,1-2H3. The van der Waals surface area contributed by atoms with Crippen molar-refractivity contribution in [2.24, 2.45) is 0 Å². The fourth-order valence-corrected chi connectivity index (χ4v) is 5.52. The van der Waals surface area contributed by atoms with E-state index in [4.69, 9.17) is 0 Å². The lowest BCUT2D eigenvalue weighted by atomic mass is 10.1. The highest BCUT2D eigenvalue weighted by Gasteiger charge is 2.27. The van der Waals surface area contributed by atoms with Crippen molar-refractivity contribution in [2.45, 2.75) is 38.0 Å². The van der Waals surface area contributed by atoms with E-state index in [1.54, 1.807) is 12.1 Å².